The lowest BCUT2D eigenvalue weighted by atomic mass is 10.1. The summed E-state index contributed by atoms with van der Waals surface area (Å²) in [6, 6.07) is 7.52. The second-order valence-electron chi connectivity index (χ2n) is 5.42. The number of nitrogens with zero attached hydrogens (tertiary/aromatic N) is 1. The molecule has 1 saturated carbocycles. The minimum atomic E-state index is -0.117. The van der Waals surface area contributed by atoms with Crippen LogP contribution in [0.25, 0.3) is 0 Å². The average Bonchev–Trinajstić information content (AvgIpc) is 3.16. The Bertz CT molecular complexity index is 678. The van der Waals surface area contributed by atoms with E-state index < -0.39 is 0 Å². The van der Waals surface area contributed by atoms with E-state index in [4.69, 9.17) is 10.5 Å². The van der Waals surface area contributed by atoms with E-state index in [-0.39, 0.29) is 5.78 Å². The van der Waals surface area contributed by atoms with Crippen LogP contribution < -0.4 is 15.8 Å². The van der Waals surface area contributed by atoms with Crippen LogP contribution in [0.5, 0.6) is 5.75 Å². The predicted octanol–water partition coefficient (Wildman–Crippen LogP) is 3.32. The molecule has 2 aromatic rings. The van der Waals surface area contributed by atoms with Gasteiger partial charge in [-0.3, -0.25) is 4.79 Å². The Morgan fingerprint density at radius 3 is 2.91 bits per heavy atom. The number of aromatic nitrogens is 1. The SMILES string of the molecule is COc1cccc(C(=O)c2sc(NC3CCCC3)nc2N)c1. The lowest BCUT2D eigenvalue weighted by Gasteiger charge is -2.09. The van der Waals surface area contributed by atoms with Gasteiger partial charge in [0.05, 0.1) is 7.11 Å². The van der Waals surface area contributed by atoms with Crippen molar-refractivity contribution >= 4 is 28.1 Å². The van der Waals surface area contributed by atoms with E-state index in [1.54, 1.807) is 31.4 Å². The normalized spacial score (nSPS) is 15.0. The van der Waals surface area contributed by atoms with Gasteiger partial charge in [-0.15, -0.1) is 0 Å². The molecule has 3 N–H and O–H groups in total. The molecule has 116 valence electrons. The van der Waals surface area contributed by atoms with Crippen LogP contribution in [0, 0.1) is 0 Å². The van der Waals surface area contributed by atoms with Crippen LogP contribution >= 0.6 is 11.3 Å². The minimum Gasteiger partial charge on any atom is -0.497 e. The smallest absolute Gasteiger partial charge is 0.206 e. The van der Waals surface area contributed by atoms with Gasteiger partial charge in [-0.2, -0.15) is 0 Å². The number of carbonyl (C=O) groups excluding carboxylic acids is 1. The standard InChI is InChI=1S/C16H19N3O2S/c1-21-12-8-4-5-10(9-12)13(20)14-15(17)19-16(22-14)18-11-6-2-3-7-11/h4-5,8-9,11H,2-3,6-7,17H2,1H3,(H,18,19). The maximum absolute atomic E-state index is 12.6. The summed E-state index contributed by atoms with van der Waals surface area (Å²) in [6.07, 6.45) is 4.79. The second-order valence-corrected chi connectivity index (χ2v) is 6.42. The maximum Gasteiger partial charge on any atom is 0.206 e. The Morgan fingerprint density at radius 2 is 2.18 bits per heavy atom. The zero-order valence-corrected chi connectivity index (χ0v) is 13.3. The summed E-state index contributed by atoms with van der Waals surface area (Å²) >= 11 is 1.33. The molecular formula is C16H19N3O2S. The highest BCUT2D eigenvalue weighted by Gasteiger charge is 2.21. The van der Waals surface area contributed by atoms with E-state index in [9.17, 15) is 4.79 Å². The van der Waals surface area contributed by atoms with Crippen LogP contribution in [0.15, 0.2) is 24.3 Å². The fourth-order valence-electron chi connectivity index (χ4n) is 2.70. The third-order valence-corrected chi connectivity index (χ3v) is 4.88. The maximum atomic E-state index is 12.6. The van der Waals surface area contributed by atoms with Gasteiger partial charge >= 0.3 is 0 Å². The highest BCUT2D eigenvalue weighted by molar-refractivity contribution is 7.18. The molecule has 1 fully saturated rings. The van der Waals surface area contributed by atoms with Crippen LogP contribution in [-0.2, 0) is 0 Å². The van der Waals surface area contributed by atoms with Gasteiger partial charge in [-0.1, -0.05) is 36.3 Å². The van der Waals surface area contributed by atoms with E-state index in [0.717, 1.165) is 18.0 Å². The van der Waals surface area contributed by atoms with Crippen LogP contribution in [-0.4, -0.2) is 23.9 Å². The molecule has 0 atom stereocenters. The number of rotatable bonds is 5. The summed E-state index contributed by atoms with van der Waals surface area (Å²) in [5.74, 6) is 0.824. The molecule has 1 aliphatic rings. The van der Waals surface area contributed by atoms with Crippen molar-refractivity contribution in [3.63, 3.8) is 0 Å². The van der Waals surface area contributed by atoms with Crippen molar-refractivity contribution in [3.8, 4) is 5.75 Å². The molecule has 0 spiro atoms. The number of carbonyl (C=O) groups is 1. The van der Waals surface area contributed by atoms with Gasteiger partial charge in [-0.25, -0.2) is 4.98 Å². The Balaban J connectivity index is 1.81. The summed E-state index contributed by atoms with van der Waals surface area (Å²) in [6.45, 7) is 0. The molecule has 5 nitrogen and oxygen atoms in total. The molecule has 1 aliphatic carbocycles. The molecule has 0 amide bonds. The third-order valence-electron chi connectivity index (χ3n) is 3.87. The van der Waals surface area contributed by atoms with E-state index in [1.165, 1.54) is 24.2 Å². The lowest BCUT2D eigenvalue weighted by molar-refractivity contribution is 0.104. The first-order chi connectivity index (χ1) is 10.7. The Labute approximate surface area is 133 Å². The fraction of sp³-hybridized carbons (Fsp3) is 0.375. The molecular weight excluding hydrogens is 298 g/mol. The van der Waals surface area contributed by atoms with Crippen LogP contribution in [0.1, 0.15) is 40.9 Å². The van der Waals surface area contributed by atoms with Crippen molar-refractivity contribution in [3.05, 3.63) is 34.7 Å². The van der Waals surface area contributed by atoms with Crippen LogP contribution in [0.3, 0.4) is 0 Å². The highest BCUT2D eigenvalue weighted by atomic mass is 32.1. The number of nitrogens with one attached hydrogen (secondary N) is 1. The molecule has 6 heteroatoms. The zero-order chi connectivity index (χ0) is 15.5. The van der Waals surface area contributed by atoms with E-state index >= 15 is 0 Å². The quantitative estimate of drug-likeness (QED) is 0.827. The van der Waals surface area contributed by atoms with Crippen LogP contribution in [0.2, 0.25) is 0 Å². The van der Waals surface area contributed by atoms with E-state index in [2.05, 4.69) is 10.3 Å². The van der Waals surface area contributed by atoms with Gasteiger partial charge < -0.3 is 15.8 Å². The molecule has 0 radical (unpaired) electrons. The Morgan fingerprint density at radius 1 is 1.41 bits per heavy atom. The van der Waals surface area contributed by atoms with E-state index in [1.807, 2.05) is 0 Å². The summed E-state index contributed by atoms with van der Waals surface area (Å²) < 4.78 is 5.16. The van der Waals surface area contributed by atoms with Crippen LogP contribution in [0.4, 0.5) is 10.9 Å². The Hall–Kier alpha value is -2.08. The monoisotopic (exact) mass is 317 g/mol. The molecule has 22 heavy (non-hydrogen) atoms. The number of methoxy groups -OCH3 is 1. The molecule has 0 bridgehead atoms. The van der Waals surface area contributed by atoms with Gasteiger partial charge in [-0.05, 0) is 25.0 Å². The van der Waals surface area contributed by atoms with Crippen molar-refractivity contribution in [2.75, 3.05) is 18.2 Å². The van der Waals surface area contributed by atoms with Gasteiger partial charge in [0.25, 0.3) is 0 Å². The average molecular weight is 317 g/mol. The van der Waals surface area contributed by atoms with Crippen molar-refractivity contribution in [2.24, 2.45) is 0 Å². The zero-order valence-electron chi connectivity index (χ0n) is 12.5. The summed E-state index contributed by atoms with van der Waals surface area (Å²) in [5.41, 5.74) is 6.49. The number of nitrogen functional groups attached to an aromatic ring is 1. The number of ether oxygens (including phenoxy) is 1. The second kappa shape index (κ2) is 6.36. The number of nitrogens with two attached hydrogens (primary N) is 1. The number of ketones is 1. The topological polar surface area (TPSA) is 77.2 Å². The van der Waals surface area contributed by atoms with Gasteiger partial charge in [0.15, 0.2) is 5.13 Å². The molecule has 0 saturated heterocycles. The summed E-state index contributed by atoms with van der Waals surface area (Å²) in [5, 5.41) is 4.11. The van der Waals surface area contributed by atoms with Gasteiger partial charge in [0.1, 0.15) is 16.4 Å². The first-order valence-electron chi connectivity index (χ1n) is 7.39. The van der Waals surface area contributed by atoms with Gasteiger partial charge in [0, 0.05) is 11.6 Å². The number of hydrogen-bond acceptors (Lipinski definition) is 6. The largest absolute Gasteiger partial charge is 0.497 e. The third kappa shape index (κ3) is 3.06. The van der Waals surface area contributed by atoms with Crippen molar-refractivity contribution < 1.29 is 9.53 Å². The van der Waals surface area contributed by atoms with E-state index in [0.29, 0.717) is 28.0 Å². The molecule has 0 aliphatic heterocycles. The van der Waals surface area contributed by atoms with Crippen molar-refractivity contribution in [2.45, 2.75) is 31.7 Å². The number of hydrogen-bond donors (Lipinski definition) is 2. The molecule has 3 rings (SSSR count). The van der Waals surface area contributed by atoms with Crippen molar-refractivity contribution in [1.82, 2.24) is 4.98 Å². The summed E-state index contributed by atoms with van der Waals surface area (Å²) in [7, 11) is 1.58. The fourth-order valence-corrected chi connectivity index (χ4v) is 3.62. The molecule has 0 unspecified atom stereocenters. The highest BCUT2D eigenvalue weighted by Crippen LogP contribution is 2.30. The van der Waals surface area contributed by atoms with Gasteiger partial charge in [0.2, 0.25) is 5.78 Å². The predicted molar refractivity (Wildman–Crippen MR) is 88.8 cm³/mol. The minimum absolute atomic E-state index is 0.117. The Kier molecular flexibility index (Phi) is 4.29. The number of thiazole rings is 1. The first-order valence-corrected chi connectivity index (χ1v) is 8.20. The first kappa shape index (κ1) is 14.8. The number of benzene rings is 1. The summed E-state index contributed by atoms with van der Waals surface area (Å²) in [4.78, 5) is 17.4. The molecule has 1 aromatic carbocycles. The molecule has 1 aromatic heterocycles. The molecule has 1 heterocycles. The number of anilines is 2. The lowest BCUT2D eigenvalue weighted by Crippen LogP contribution is -2.14. The van der Waals surface area contributed by atoms with Crippen molar-refractivity contribution in [1.29, 1.82) is 0 Å².